The Kier molecular flexibility index (Phi) is 5.23. The number of amides is 1. The molecule has 0 fully saturated rings. The maximum Gasteiger partial charge on any atom is 0.230 e. The number of benzene rings is 2. The average Bonchev–Trinajstić information content (AvgIpc) is 3.00. The number of nitrogens with one attached hydrogen (secondary N) is 1. The number of aryl methyl sites for hydroxylation is 1. The lowest BCUT2D eigenvalue weighted by Gasteiger charge is -2.07. The SMILES string of the molecule is Cc1cnc(NC(=O)Cc2ccc(OCc3ccccc3)cc2)s1. The second-order valence-electron chi connectivity index (χ2n) is 5.42. The predicted octanol–water partition coefficient (Wildman–Crippen LogP) is 4.21. The Hall–Kier alpha value is -2.66. The van der Waals surface area contributed by atoms with E-state index >= 15 is 0 Å². The minimum Gasteiger partial charge on any atom is -0.489 e. The van der Waals surface area contributed by atoms with Crippen molar-refractivity contribution in [2.24, 2.45) is 0 Å². The van der Waals surface area contributed by atoms with Gasteiger partial charge in [0.2, 0.25) is 5.91 Å². The van der Waals surface area contributed by atoms with Crippen molar-refractivity contribution in [3.63, 3.8) is 0 Å². The highest BCUT2D eigenvalue weighted by Crippen LogP contribution is 2.18. The summed E-state index contributed by atoms with van der Waals surface area (Å²) >= 11 is 1.47. The minimum absolute atomic E-state index is 0.0673. The third-order valence-corrected chi connectivity index (χ3v) is 4.23. The molecule has 1 aromatic heterocycles. The van der Waals surface area contributed by atoms with E-state index in [0.717, 1.165) is 21.8 Å². The van der Waals surface area contributed by atoms with Gasteiger partial charge in [0.05, 0.1) is 6.42 Å². The fourth-order valence-electron chi connectivity index (χ4n) is 2.21. The molecule has 0 saturated carbocycles. The van der Waals surface area contributed by atoms with Gasteiger partial charge in [-0.25, -0.2) is 4.98 Å². The van der Waals surface area contributed by atoms with E-state index in [-0.39, 0.29) is 5.91 Å². The van der Waals surface area contributed by atoms with Gasteiger partial charge in [-0.15, -0.1) is 11.3 Å². The summed E-state index contributed by atoms with van der Waals surface area (Å²) in [5, 5.41) is 3.45. The van der Waals surface area contributed by atoms with Crippen molar-refractivity contribution in [3.8, 4) is 5.75 Å². The number of aromatic nitrogens is 1. The first-order valence-corrected chi connectivity index (χ1v) is 8.48. The van der Waals surface area contributed by atoms with Gasteiger partial charge in [0.15, 0.2) is 5.13 Å². The van der Waals surface area contributed by atoms with E-state index in [2.05, 4.69) is 10.3 Å². The molecule has 1 N–H and O–H groups in total. The molecule has 0 saturated heterocycles. The Balaban J connectivity index is 1.51. The second-order valence-corrected chi connectivity index (χ2v) is 6.65. The van der Waals surface area contributed by atoms with E-state index in [1.807, 2.05) is 61.5 Å². The van der Waals surface area contributed by atoms with Gasteiger partial charge in [-0.2, -0.15) is 0 Å². The lowest BCUT2D eigenvalue weighted by Crippen LogP contribution is -2.14. The van der Waals surface area contributed by atoms with Gasteiger partial charge in [0.25, 0.3) is 0 Å². The quantitative estimate of drug-likeness (QED) is 0.732. The standard InChI is InChI=1S/C19H18N2O2S/c1-14-12-20-19(24-14)21-18(22)11-15-7-9-17(10-8-15)23-13-16-5-3-2-4-6-16/h2-10,12H,11,13H2,1H3,(H,20,21,22). The van der Waals surface area contributed by atoms with Gasteiger partial charge in [0.1, 0.15) is 12.4 Å². The minimum atomic E-state index is -0.0673. The van der Waals surface area contributed by atoms with E-state index in [4.69, 9.17) is 4.74 Å². The molecule has 3 rings (SSSR count). The third kappa shape index (κ3) is 4.67. The molecule has 0 unspecified atom stereocenters. The van der Waals surface area contributed by atoms with E-state index in [0.29, 0.717) is 18.2 Å². The van der Waals surface area contributed by atoms with Gasteiger partial charge in [-0.3, -0.25) is 4.79 Å². The molecule has 3 aromatic rings. The number of anilines is 1. The van der Waals surface area contributed by atoms with E-state index < -0.39 is 0 Å². The van der Waals surface area contributed by atoms with Crippen LogP contribution in [0, 0.1) is 6.92 Å². The first-order valence-electron chi connectivity index (χ1n) is 7.67. The normalized spacial score (nSPS) is 10.4. The maximum absolute atomic E-state index is 12.0. The zero-order valence-corrected chi connectivity index (χ0v) is 14.2. The molecule has 0 aliphatic rings. The molecule has 0 radical (unpaired) electrons. The van der Waals surface area contributed by atoms with Crippen LogP contribution in [0.5, 0.6) is 5.75 Å². The average molecular weight is 338 g/mol. The Labute approximate surface area is 145 Å². The molecule has 1 amide bonds. The highest BCUT2D eigenvalue weighted by atomic mass is 32.1. The highest BCUT2D eigenvalue weighted by molar-refractivity contribution is 7.15. The summed E-state index contributed by atoms with van der Waals surface area (Å²) in [4.78, 5) is 17.2. The van der Waals surface area contributed by atoms with Crippen LogP contribution in [0.15, 0.2) is 60.8 Å². The van der Waals surface area contributed by atoms with Crippen molar-refractivity contribution >= 4 is 22.4 Å². The topological polar surface area (TPSA) is 51.2 Å². The number of ether oxygens (including phenoxy) is 1. The number of hydrogen-bond acceptors (Lipinski definition) is 4. The summed E-state index contributed by atoms with van der Waals surface area (Å²) in [5.74, 6) is 0.723. The highest BCUT2D eigenvalue weighted by Gasteiger charge is 2.07. The molecule has 0 spiro atoms. The first kappa shape index (κ1) is 16.2. The van der Waals surface area contributed by atoms with Crippen LogP contribution in [-0.4, -0.2) is 10.9 Å². The van der Waals surface area contributed by atoms with Crippen LogP contribution in [0.2, 0.25) is 0 Å². The molecule has 24 heavy (non-hydrogen) atoms. The van der Waals surface area contributed by atoms with Crippen molar-refractivity contribution in [1.82, 2.24) is 4.98 Å². The van der Waals surface area contributed by atoms with Crippen molar-refractivity contribution in [2.75, 3.05) is 5.32 Å². The van der Waals surface area contributed by atoms with Crippen molar-refractivity contribution in [1.29, 1.82) is 0 Å². The van der Waals surface area contributed by atoms with Crippen molar-refractivity contribution in [3.05, 3.63) is 76.8 Å². The molecule has 122 valence electrons. The molecule has 1 heterocycles. The summed E-state index contributed by atoms with van der Waals surface area (Å²) < 4.78 is 5.74. The van der Waals surface area contributed by atoms with Crippen LogP contribution in [0.1, 0.15) is 16.0 Å². The zero-order chi connectivity index (χ0) is 16.8. The molecule has 0 atom stereocenters. The first-order chi connectivity index (χ1) is 11.7. The molecule has 0 bridgehead atoms. The fraction of sp³-hybridized carbons (Fsp3) is 0.158. The molecule has 2 aromatic carbocycles. The summed E-state index contributed by atoms with van der Waals surface area (Å²) in [5.41, 5.74) is 2.06. The number of carbonyl (C=O) groups excluding carboxylic acids is 1. The molecule has 5 heteroatoms. The monoisotopic (exact) mass is 338 g/mol. The Morgan fingerprint density at radius 1 is 1.08 bits per heavy atom. The second kappa shape index (κ2) is 7.75. The van der Waals surface area contributed by atoms with Gasteiger partial charge in [-0.1, -0.05) is 42.5 Å². The summed E-state index contributed by atoms with van der Waals surface area (Å²) in [6.07, 6.45) is 2.07. The molecule has 4 nitrogen and oxygen atoms in total. The summed E-state index contributed by atoms with van der Waals surface area (Å²) in [6, 6.07) is 17.6. The Bertz CT molecular complexity index is 798. The van der Waals surface area contributed by atoms with Crippen molar-refractivity contribution in [2.45, 2.75) is 20.0 Å². The molecule has 0 aliphatic carbocycles. The number of rotatable bonds is 6. The van der Waals surface area contributed by atoms with Gasteiger partial charge < -0.3 is 10.1 Å². The van der Waals surface area contributed by atoms with Gasteiger partial charge in [0, 0.05) is 11.1 Å². The van der Waals surface area contributed by atoms with Gasteiger partial charge in [-0.05, 0) is 30.2 Å². The van der Waals surface area contributed by atoms with E-state index in [1.165, 1.54) is 11.3 Å². The fourth-order valence-corrected chi connectivity index (χ4v) is 2.89. The van der Waals surface area contributed by atoms with E-state index in [1.54, 1.807) is 6.20 Å². The smallest absolute Gasteiger partial charge is 0.230 e. The maximum atomic E-state index is 12.0. The lowest BCUT2D eigenvalue weighted by molar-refractivity contribution is -0.115. The summed E-state index contributed by atoms with van der Waals surface area (Å²) in [6.45, 7) is 2.49. The largest absolute Gasteiger partial charge is 0.489 e. The summed E-state index contributed by atoms with van der Waals surface area (Å²) in [7, 11) is 0. The molecule has 0 aliphatic heterocycles. The van der Waals surface area contributed by atoms with Crippen molar-refractivity contribution < 1.29 is 9.53 Å². The van der Waals surface area contributed by atoms with Crippen LogP contribution in [0.3, 0.4) is 0 Å². The van der Waals surface area contributed by atoms with Crippen LogP contribution >= 0.6 is 11.3 Å². The Morgan fingerprint density at radius 2 is 1.83 bits per heavy atom. The van der Waals surface area contributed by atoms with E-state index in [9.17, 15) is 4.79 Å². The Morgan fingerprint density at radius 3 is 2.50 bits per heavy atom. The van der Waals surface area contributed by atoms with Crippen LogP contribution in [0.4, 0.5) is 5.13 Å². The predicted molar refractivity (Wildman–Crippen MR) is 96.4 cm³/mol. The van der Waals surface area contributed by atoms with Crippen LogP contribution < -0.4 is 10.1 Å². The van der Waals surface area contributed by atoms with Gasteiger partial charge >= 0.3 is 0 Å². The van der Waals surface area contributed by atoms with Crippen LogP contribution in [-0.2, 0) is 17.8 Å². The lowest BCUT2D eigenvalue weighted by atomic mass is 10.1. The number of nitrogens with zero attached hydrogens (tertiary/aromatic N) is 1. The molecular weight excluding hydrogens is 320 g/mol. The van der Waals surface area contributed by atoms with Crippen LogP contribution in [0.25, 0.3) is 0 Å². The third-order valence-electron chi connectivity index (χ3n) is 3.40. The number of thiazole rings is 1. The zero-order valence-electron chi connectivity index (χ0n) is 13.4. The number of carbonyl (C=O) groups is 1. The molecular formula is C19H18N2O2S. The number of hydrogen-bond donors (Lipinski definition) is 1.